The van der Waals surface area contributed by atoms with Crippen LogP contribution in [0.3, 0.4) is 0 Å². The molecule has 0 aliphatic carbocycles. The van der Waals surface area contributed by atoms with E-state index in [0.717, 1.165) is 37.8 Å². The minimum absolute atomic E-state index is 0.0340. The Kier molecular flexibility index (Phi) is 6.38. The van der Waals surface area contributed by atoms with Gasteiger partial charge in [-0.2, -0.15) is 4.31 Å². The van der Waals surface area contributed by atoms with Gasteiger partial charge in [0.05, 0.1) is 17.0 Å². The fourth-order valence-corrected chi connectivity index (χ4v) is 6.17. The van der Waals surface area contributed by atoms with Crippen LogP contribution < -0.4 is 4.90 Å². The summed E-state index contributed by atoms with van der Waals surface area (Å²) in [5, 5.41) is 1.32. The molecule has 1 aliphatic rings. The third-order valence-corrected chi connectivity index (χ3v) is 8.43. The number of aromatic nitrogens is 1. The number of carbonyl (C=O) groups is 2. The highest BCUT2D eigenvalue weighted by Gasteiger charge is 2.46. The van der Waals surface area contributed by atoms with E-state index in [9.17, 15) is 22.4 Å². The number of para-hydroxylation sites is 1. The molecular formula is C26H21ClFN3O4S. The summed E-state index contributed by atoms with van der Waals surface area (Å²) >= 11 is 5.95. The van der Waals surface area contributed by atoms with Crippen LogP contribution in [0.4, 0.5) is 10.1 Å². The quantitative estimate of drug-likeness (QED) is 0.359. The molecule has 3 aromatic carbocycles. The van der Waals surface area contributed by atoms with Crippen LogP contribution in [-0.4, -0.2) is 42.1 Å². The summed E-state index contributed by atoms with van der Waals surface area (Å²) in [4.78, 5) is 30.3. The van der Waals surface area contributed by atoms with Crippen molar-refractivity contribution < 1.29 is 22.4 Å². The highest BCUT2D eigenvalue weighted by atomic mass is 35.5. The predicted octanol–water partition coefficient (Wildman–Crippen LogP) is 4.53. The molecule has 4 aromatic rings. The molecule has 1 atom stereocenters. The van der Waals surface area contributed by atoms with Gasteiger partial charge in [0, 0.05) is 28.7 Å². The van der Waals surface area contributed by atoms with Crippen LogP contribution in [-0.2, 0) is 26.0 Å². The van der Waals surface area contributed by atoms with Crippen molar-refractivity contribution in [3.63, 3.8) is 0 Å². The van der Waals surface area contributed by atoms with Gasteiger partial charge in [0.2, 0.25) is 15.9 Å². The minimum atomic E-state index is -4.17. The Labute approximate surface area is 212 Å². The molecule has 0 saturated carbocycles. The maximum absolute atomic E-state index is 13.7. The zero-order chi connectivity index (χ0) is 25.4. The molecule has 7 nitrogen and oxygen atoms in total. The lowest BCUT2D eigenvalue weighted by Crippen LogP contribution is -2.46. The number of carbonyl (C=O) groups excluding carboxylic acids is 2. The van der Waals surface area contributed by atoms with E-state index in [4.69, 9.17) is 11.6 Å². The molecule has 0 radical (unpaired) electrons. The van der Waals surface area contributed by atoms with Crippen LogP contribution in [0.5, 0.6) is 0 Å². The number of imide groups is 1. The molecule has 1 unspecified atom stereocenters. The average molecular weight is 526 g/mol. The van der Waals surface area contributed by atoms with Crippen molar-refractivity contribution in [3.05, 3.63) is 95.4 Å². The molecule has 2 heterocycles. The van der Waals surface area contributed by atoms with E-state index in [-0.39, 0.29) is 23.5 Å². The number of rotatable bonds is 7. The Morgan fingerprint density at radius 1 is 1.00 bits per heavy atom. The summed E-state index contributed by atoms with van der Waals surface area (Å²) in [5.74, 6) is -1.75. The maximum atomic E-state index is 13.7. The van der Waals surface area contributed by atoms with Gasteiger partial charge in [-0.1, -0.05) is 29.8 Å². The first kappa shape index (κ1) is 24.2. The number of nitrogens with one attached hydrogen (secondary N) is 1. The molecule has 1 aliphatic heterocycles. The molecule has 1 saturated heterocycles. The van der Waals surface area contributed by atoms with E-state index >= 15 is 0 Å². The Bertz CT molecular complexity index is 1550. The summed E-state index contributed by atoms with van der Waals surface area (Å²) in [5.41, 5.74) is 1.98. The zero-order valence-corrected chi connectivity index (χ0v) is 20.5. The van der Waals surface area contributed by atoms with Gasteiger partial charge in [-0.15, -0.1) is 0 Å². The second-order valence-electron chi connectivity index (χ2n) is 8.44. The van der Waals surface area contributed by atoms with E-state index in [1.165, 1.54) is 36.4 Å². The number of fused-ring (bicyclic) bond motifs is 1. The SMILES string of the molecule is O=C1CC(N(CCc2c[nH]c3ccccc23)S(=O)(=O)c2ccc(Cl)cc2)C(=O)N1c1ccc(F)cc1. The van der Waals surface area contributed by atoms with Crippen LogP contribution >= 0.6 is 11.6 Å². The number of aromatic amines is 1. The first-order valence-corrected chi connectivity index (χ1v) is 13.0. The first-order valence-electron chi connectivity index (χ1n) is 11.2. The van der Waals surface area contributed by atoms with Gasteiger partial charge < -0.3 is 4.98 Å². The molecular weight excluding hydrogens is 505 g/mol. The molecule has 184 valence electrons. The topological polar surface area (TPSA) is 90.5 Å². The molecule has 10 heteroatoms. The average Bonchev–Trinajstić information content (AvgIpc) is 3.40. The molecule has 36 heavy (non-hydrogen) atoms. The van der Waals surface area contributed by atoms with Crippen molar-refractivity contribution in [2.24, 2.45) is 0 Å². The monoisotopic (exact) mass is 525 g/mol. The highest BCUT2D eigenvalue weighted by molar-refractivity contribution is 7.89. The Morgan fingerprint density at radius 2 is 1.69 bits per heavy atom. The molecule has 1 fully saturated rings. The number of H-pyrrole nitrogens is 1. The van der Waals surface area contributed by atoms with Crippen molar-refractivity contribution in [1.82, 2.24) is 9.29 Å². The number of anilines is 1. The fraction of sp³-hybridized carbons (Fsp3) is 0.154. The Hall–Kier alpha value is -3.53. The molecule has 1 aromatic heterocycles. The number of hydrogen-bond donors (Lipinski definition) is 1. The largest absolute Gasteiger partial charge is 0.361 e. The minimum Gasteiger partial charge on any atom is -0.361 e. The van der Waals surface area contributed by atoms with Crippen molar-refractivity contribution in [1.29, 1.82) is 0 Å². The van der Waals surface area contributed by atoms with E-state index in [1.54, 1.807) is 0 Å². The highest BCUT2D eigenvalue weighted by Crippen LogP contribution is 2.30. The lowest BCUT2D eigenvalue weighted by molar-refractivity contribution is -0.122. The van der Waals surface area contributed by atoms with Gasteiger partial charge in [0.1, 0.15) is 11.9 Å². The van der Waals surface area contributed by atoms with Crippen LogP contribution in [0.1, 0.15) is 12.0 Å². The van der Waals surface area contributed by atoms with E-state index < -0.39 is 33.7 Å². The van der Waals surface area contributed by atoms with Crippen molar-refractivity contribution in [2.45, 2.75) is 23.8 Å². The summed E-state index contributed by atoms with van der Waals surface area (Å²) in [7, 11) is -4.17. The van der Waals surface area contributed by atoms with Crippen LogP contribution in [0.15, 0.2) is 83.9 Å². The lowest BCUT2D eigenvalue weighted by Gasteiger charge is -2.27. The van der Waals surface area contributed by atoms with Crippen LogP contribution in [0.2, 0.25) is 5.02 Å². The molecule has 2 amide bonds. The van der Waals surface area contributed by atoms with Crippen LogP contribution in [0, 0.1) is 5.82 Å². The van der Waals surface area contributed by atoms with Gasteiger partial charge in [-0.25, -0.2) is 17.7 Å². The van der Waals surface area contributed by atoms with Gasteiger partial charge >= 0.3 is 0 Å². The molecule has 5 rings (SSSR count). The third-order valence-electron chi connectivity index (χ3n) is 6.25. The predicted molar refractivity (Wildman–Crippen MR) is 135 cm³/mol. The Morgan fingerprint density at radius 3 is 2.42 bits per heavy atom. The summed E-state index contributed by atoms with van der Waals surface area (Å²) < 4.78 is 42.0. The number of halogens is 2. The summed E-state index contributed by atoms with van der Waals surface area (Å²) in [6.45, 7) is -0.0340. The van der Waals surface area contributed by atoms with Gasteiger partial charge in [-0.05, 0) is 66.6 Å². The molecule has 0 spiro atoms. The standard InChI is InChI=1S/C26H21ClFN3O4S/c27-18-5-11-21(12-6-18)36(34,35)30(14-13-17-16-29-23-4-2-1-3-22(17)23)24-15-25(32)31(26(24)33)20-9-7-19(28)8-10-20/h1-12,16,24,29H,13-15H2. The number of benzene rings is 3. The summed E-state index contributed by atoms with van der Waals surface area (Å²) in [6, 6.07) is 17.0. The number of sulfonamides is 1. The maximum Gasteiger partial charge on any atom is 0.252 e. The third kappa shape index (κ3) is 4.41. The number of hydrogen-bond acceptors (Lipinski definition) is 4. The van der Waals surface area contributed by atoms with Gasteiger partial charge in [0.25, 0.3) is 5.91 Å². The zero-order valence-electron chi connectivity index (χ0n) is 18.9. The Balaban J connectivity index is 1.51. The molecule has 0 bridgehead atoms. The van der Waals surface area contributed by atoms with Gasteiger partial charge in [-0.3, -0.25) is 9.59 Å². The summed E-state index contributed by atoms with van der Waals surface area (Å²) in [6.07, 6.45) is 1.80. The smallest absolute Gasteiger partial charge is 0.252 e. The van der Waals surface area contributed by atoms with E-state index in [0.29, 0.717) is 11.4 Å². The van der Waals surface area contributed by atoms with Crippen molar-refractivity contribution >= 4 is 50.0 Å². The number of amides is 2. The van der Waals surface area contributed by atoms with Gasteiger partial charge in [0.15, 0.2) is 0 Å². The second kappa shape index (κ2) is 9.50. The first-order chi connectivity index (χ1) is 17.3. The van der Waals surface area contributed by atoms with E-state index in [1.807, 2.05) is 30.5 Å². The van der Waals surface area contributed by atoms with Crippen molar-refractivity contribution in [2.75, 3.05) is 11.4 Å². The van der Waals surface area contributed by atoms with Crippen LogP contribution in [0.25, 0.3) is 10.9 Å². The number of nitrogens with zero attached hydrogens (tertiary/aromatic N) is 2. The normalized spacial score (nSPS) is 16.4. The second-order valence-corrected chi connectivity index (χ2v) is 10.8. The van der Waals surface area contributed by atoms with Crippen molar-refractivity contribution in [3.8, 4) is 0 Å². The van der Waals surface area contributed by atoms with E-state index in [2.05, 4.69) is 4.98 Å². The molecule has 1 N–H and O–H groups in total. The lowest BCUT2D eigenvalue weighted by atomic mass is 10.1. The fourth-order valence-electron chi connectivity index (χ4n) is 4.46.